The molecule has 0 unspecified atom stereocenters. The molecular formula is C9H9BrO3S. The van der Waals surface area contributed by atoms with Gasteiger partial charge in [-0.1, -0.05) is 0 Å². The fourth-order valence-electron chi connectivity index (χ4n) is 1.02. The monoisotopic (exact) mass is 276 g/mol. The van der Waals surface area contributed by atoms with Crippen LogP contribution in [0, 0.1) is 0 Å². The fourth-order valence-corrected chi connectivity index (χ4v) is 2.16. The SMILES string of the molecule is COC(=O)c1ccc(Br)c(O)c1SC. The van der Waals surface area contributed by atoms with Crippen molar-refractivity contribution in [3.63, 3.8) is 0 Å². The summed E-state index contributed by atoms with van der Waals surface area (Å²) in [6, 6.07) is 3.22. The van der Waals surface area contributed by atoms with Gasteiger partial charge >= 0.3 is 5.97 Å². The fraction of sp³-hybridized carbons (Fsp3) is 0.222. The zero-order valence-electron chi connectivity index (χ0n) is 7.70. The lowest BCUT2D eigenvalue weighted by molar-refractivity contribution is 0.0596. The molecule has 0 amide bonds. The van der Waals surface area contributed by atoms with Crippen LogP contribution in [0.3, 0.4) is 0 Å². The molecular weight excluding hydrogens is 268 g/mol. The van der Waals surface area contributed by atoms with E-state index in [2.05, 4.69) is 20.7 Å². The molecule has 1 N–H and O–H groups in total. The molecule has 14 heavy (non-hydrogen) atoms. The number of thioether (sulfide) groups is 1. The minimum absolute atomic E-state index is 0.0698. The highest BCUT2D eigenvalue weighted by molar-refractivity contribution is 9.10. The highest BCUT2D eigenvalue weighted by Gasteiger charge is 2.16. The first kappa shape index (κ1) is 11.4. The van der Waals surface area contributed by atoms with Crippen LogP contribution in [-0.4, -0.2) is 24.4 Å². The second-order valence-electron chi connectivity index (χ2n) is 2.47. The van der Waals surface area contributed by atoms with Crippen molar-refractivity contribution in [2.45, 2.75) is 4.90 Å². The van der Waals surface area contributed by atoms with Crippen molar-refractivity contribution in [1.29, 1.82) is 0 Å². The lowest BCUT2D eigenvalue weighted by atomic mass is 10.2. The molecule has 0 aliphatic heterocycles. The number of methoxy groups -OCH3 is 1. The first-order valence-electron chi connectivity index (χ1n) is 3.75. The molecule has 5 heteroatoms. The van der Waals surface area contributed by atoms with Gasteiger partial charge in [0, 0.05) is 0 Å². The zero-order valence-corrected chi connectivity index (χ0v) is 10.1. The number of hydrogen-bond donors (Lipinski definition) is 1. The molecule has 0 radical (unpaired) electrons. The number of halogens is 1. The van der Waals surface area contributed by atoms with Crippen LogP contribution in [0.1, 0.15) is 10.4 Å². The van der Waals surface area contributed by atoms with Crippen molar-refractivity contribution in [1.82, 2.24) is 0 Å². The number of aromatic hydroxyl groups is 1. The molecule has 3 nitrogen and oxygen atoms in total. The Bertz CT molecular complexity index is 365. The molecule has 76 valence electrons. The third-order valence-corrected chi connectivity index (χ3v) is 3.15. The van der Waals surface area contributed by atoms with E-state index in [9.17, 15) is 9.90 Å². The van der Waals surface area contributed by atoms with Crippen molar-refractivity contribution in [3.8, 4) is 5.75 Å². The summed E-state index contributed by atoms with van der Waals surface area (Å²) in [5.74, 6) is -0.377. The van der Waals surface area contributed by atoms with Crippen LogP contribution in [-0.2, 0) is 4.74 Å². The van der Waals surface area contributed by atoms with E-state index in [4.69, 9.17) is 0 Å². The topological polar surface area (TPSA) is 46.5 Å². The lowest BCUT2D eigenvalue weighted by Crippen LogP contribution is -2.03. The molecule has 0 saturated heterocycles. The Kier molecular flexibility index (Phi) is 3.83. The maximum Gasteiger partial charge on any atom is 0.339 e. The summed E-state index contributed by atoms with van der Waals surface area (Å²) in [7, 11) is 1.31. The van der Waals surface area contributed by atoms with Gasteiger partial charge in [0.1, 0.15) is 5.75 Å². The van der Waals surface area contributed by atoms with Crippen LogP contribution in [0.25, 0.3) is 0 Å². The third-order valence-electron chi connectivity index (χ3n) is 1.69. The van der Waals surface area contributed by atoms with Crippen molar-refractivity contribution >= 4 is 33.7 Å². The Balaban J connectivity index is 3.31. The van der Waals surface area contributed by atoms with Gasteiger partial charge in [-0.3, -0.25) is 0 Å². The lowest BCUT2D eigenvalue weighted by Gasteiger charge is -2.08. The molecule has 0 saturated carbocycles. The smallest absolute Gasteiger partial charge is 0.339 e. The van der Waals surface area contributed by atoms with E-state index in [1.165, 1.54) is 18.9 Å². The standard InChI is InChI=1S/C9H9BrO3S/c1-13-9(12)5-3-4-6(10)7(11)8(5)14-2/h3-4,11H,1-2H3. The van der Waals surface area contributed by atoms with Crippen molar-refractivity contribution < 1.29 is 14.6 Å². The van der Waals surface area contributed by atoms with E-state index in [1.54, 1.807) is 18.4 Å². The van der Waals surface area contributed by atoms with Gasteiger partial charge in [0.25, 0.3) is 0 Å². The van der Waals surface area contributed by atoms with Gasteiger partial charge in [0.05, 0.1) is 22.0 Å². The van der Waals surface area contributed by atoms with Gasteiger partial charge in [-0.2, -0.15) is 0 Å². The number of benzene rings is 1. The van der Waals surface area contributed by atoms with Crippen LogP contribution < -0.4 is 0 Å². The molecule has 0 atom stereocenters. The van der Waals surface area contributed by atoms with E-state index in [-0.39, 0.29) is 5.75 Å². The van der Waals surface area contributed by atoms with Gasteiger partial charge < -0.3 is 9.84 Å². The molecule has 0 aliphatic rings. The largest absolute Gasteiger partial charge is 0.506 e. The maximum absolute atomic E-state index is 11.3. The summed E-state index contributed by atoms with van der Waals surface area (Å²) < 4.78 is 5.16. The molecule has 0 spiro atoms. The molecule has 1 rings (SSSR count). The van der Waals surface area contributed by atoms with E-state index in [0.29, 0.717) is 14.9 Å². The zero-order chi connectivity index (χ0) is 10.7. The van der Waals surface area contributed by atoms with Crippen LogP contribution in [0.4, 0.5) is 0 Å². The summed E-state index contributed by atoms with van der Waals surface area (Å²) in [4.78, 5) is 11.8. The van der Waals surface area contributed by atoms with Gasteiger partial charge in [-0.25, -0.2) is 4.79 Å². The number of esters is 1. The minimum Gasteiger partial charge on any atom is -0.506 e. The Labute approximate surface area is 94.6 Å². The molecule has 0 aromatic heterocycles. The van der Waals surface area contributed by atoms with Crippen molar-refractivity contribution in [2.75, 3.05) is 13.4 Å². The van der Waals surface area contributed by atoms with E-state index < -0.39 is 5.97 Å². The number of rotatable bonds is 2. The van der Waals surface area contributed by atoms with Crippen LogP contribution in [0.2, 0.25) is 0 Å². The van der Waals surface area contributed by atoms with E-state index in [1.807, 2.05) is 0 Å². The molecule has 0 heterocycles. The average Bonchev–Trinajstić information content (AvgIpc) is 2.20. The van der Waals surface area contributed by atoms with E-state index >= 15 is 0 Å². The number of phenolic OH excluding ortho intramolecular Hbond substituents is 1. The maximum atomic E-state index is 11.3. The number of ether oxygens (including phenoxy) is 1. The highest BCUT2D eigenvalue weighted by Crippen LogP contribution is 2.36. The van der Waals surface area contributed by atoms with Crippen molar-refractivity contribution in [3.05, 3.63) is 22.2 Å². The molecule has 0 bridgehead atoms. The number of carbonyl (C=O) groups is 1. The summed E-state index contributed by atoms with van der Waals surface area (Å²) >= 11 is 4.48. The molecule has 0 aliphatic carbocycles. The first-order valence-corrected chi connectivity index (χ1v) is 5.77. The van der Waals surface area contributed by atoms with Crippen LogP contribution in [0.5, 0.6) is 5.75 Å². The predicted molar refractivity (Wildman–Crippen MR) is 58.9 cm³/mol. The Morgan fingerprint density at radius 1 is 1.57 bits per heavy atom. The van der Waals surface area contributed by atoms with Gasteiger partial charge in [0.15, 0.2) is 0 Å². The number of carbonyl (C=O) groups excluding carboxylic acids is 1. The number of hydrogen-bond acceptors (Lipinski definition) is 4. The summed E-state index contributed by atoms with van der Waals surface area (Å²) in [6.45, 7) is 0. The quantitative estimate of drug-likeness (QED) is 0.667. The van der Waals surface area contributed by atoms with E-state index in [0.717, 1.165) is 0 Å². The second-order valence-corrected chi connectivity index (χ2v) is 4.14. The highest BCUT2D eigenvalue weighted by atomic mass is 79.9. The molecule has 1 aromatic carbocycles. The van der Waals surface area contributed by atoms with Crippen molar-refractivity contribution in [2.24, 2.45) is 0 Å². The summed E-state index contributed by atoms with van der Waals surface area (Å²) in [6.07, 6.45) is 1.79. The minimum atomic E-state index is -0.447. The van der Waals surface area contributed by atoms with Crippen LogP contribution in [0.15, 0.2) is 21.5 Å². The Hall–Kier alpha value is -0.680. The average molecular weight is 277 g/mol. The molecule has 0 fully saturated rings. The second kappa shape index (κ2) is 4.70. The van der Waals surface area contributed by atoms with Crippen LogP contribution >= 0.6 is 27.7 Å². The normalized spacial score (nSPS) is 9.93. The number of phenols is 1. The van der Waals surface area contributed by atoms with Gasteiger partial charge in [-0.15, -0.1) is 11.8 Å². The Morgan fingerprint density at radius 2 is 2.21 bits per heavy atom. The predicted octanol–water partition coefficient (Wildman–Crippen LogP) is 2.66. The Morgan fingerprint density at radius 3 is 2.71 bits per heavy atom. The molecule has 1 aromatic rings. The van der Waals surface area contributed by atoms with Gasteiger partial charge in [0.2, 0.25) is 0 Å². The summed E-state index contributed by atoms with van der Waals surface area (Å²) in [5, 5.41) is 9.65. The van der Waals surface area contributed by atoms with Gasteiger partial charge in [-0.05, 0) is 34.3 Å². The first-order chi connectivity index (χ1) is 6.61. The summed E-state index contributed by atoms with van der Waals surface area (Å²) in [5.41, 5.74) is 0.376. The third kappa shape index (κ3) is 2.04.